The van der Waals surface area contributed by atoms with Crippen LogP contribution >= 0.6 is 34.7 Å². The smallest absolute Gasteiger partial charge is 0.305 e. The van der Waals surface area contributed by atoms with Crippen molar-refractivity contribution >= 4 is 52.2 Å². The number of anilines is 1. The molecule has 2 aliphatic carbocycles. The van der Waals surface area contributed by atoms with E-state index in [2.05, 4.69) is 4.98 Å². The van der Waals surface area contributed by atoms with Crippen LogP contribution < -0.4 is 9.77 Å². The van der Waals surface area contributed by atoms with Crippen molar-refractivity contribution in [2.75, 3.05) is 4.90 Å². The molecule has 2 amide bonds. The van der Waals surface area contributed by atoms with Crippen LogP contribution in [0.3, 0.4) is 0 Å². The Balaban J connectivity index is 1.32. The Labute approximate surface area is 207 Å². The lowest BCUT2D eigenvalue weighted by atomic mass is 9.68. The Bertz CT molecular complexity index is 1400. The Morgan fingerprint density at radius 1 is 0.941 bits per heavy atom. The molecule has 4 aliphatic rings. The molecular weight excluding hydrogens is 495 g/mol. The standard InChI is InChI=1S/C25H18ClFN2O3S2/c26-11-3-1-10(2-4-11)16-17-14-9-15(20(17)33-22-21(16)34-25(32)28-22)19-18(14)23(30)29(24(19)31)13-7-5-12(27)6-8-13/h1-8,14-20H,9H2,(H,28,32)/t14-,15+,16-,17+,18+,19+,20+/m0/s1. The maximum Gasteiger partial charge on any atom is 0.305 e. The first-order valence-electron chi connectivity index (χ1n) is 11.2. The highest BCUT2D eigenvalue weighted by Gasteiger charge is 2.69. The summed E-state index contributed by atoms with van der Waals surface area (Å²) >= 11 is 9.05. The molecule has 2 saturated carbocycles. The van der Waals surface area contributed by atoms with Gasteiger partial charge >= 0.3 is 4.87 Å². The number of benzene rings is 2. The van der Waals surface area contributed by atoms with Crippen LogP contribution in [0.1, 0.15) is 22.8 Å². The molecule has 5 nitrogen and oxygen atoms in total. The molecule has 2 bridgehead atoms. The fraction of sp³-hybridized carbons (Fsp3) is 0.320. The van der Waals surface area contributed by atoms with Crippen molar-refractivity contribution in [3.63, 3.8) is 0 Å². The van der Waals surface area contributed by atoms with Gasteiger partial charge in [0, 0.05) is 21.1 Å². The number of hydrogen-bond acceptors (Lipinski definition) is 5. The van der Waals surface area contributed by atoms with E-state index in [4.69, 9.17) is 11.6 Å². The highest BCUT2D eigenvalue weighted by atomic mass is 35.5. The van der Waals surface area contributed by atoms with Crippen molar-refractivity contribution < 1.29 is 14.0 Å². The van der Waals surface area contributed by atoms with E-state index in [1.54, 1.807) is 11.8 Å². The molecule has 2 aromatic carbocycles. The van der Waals surface area contributed by atoms with Crippen LogP contribution in [-0.2, 0) is 9.59 Å². The molecule has 3 aromatic rings. The van der Waals surface area contributed by atoms with Crippen LogP contribution in [-0.4, -0.2) is 22.0 Å². The van der Waals surface area contributed by atoms with E-state index in [1.807, 2.05) is 24.3 Å². The lowest BCUT2D eigenvalue weighted by Crippen LogP contribution is -2.42. The van der Waals surface area contributed by atoms with Gasteiger partial charge in [0.25, 0.3) is 0 Å². The largest absolute Gasteiger partial charge is 0.307 e. The Hall–Kier alpha value is -2.42. The van der Waals surface area contributed by atoms with E-state index >= 15 is 0 Å². The van der Waals surface area contributed by atoms with Gasteiger partial charge < -0.3 is 4.98 Å². The number of nitrogens with zero attached hydrogens (tertiary/aromatic N) is 1. The number of fused-ring (bicyclic) bond motifs is 9. The minimum atomic E-state index is -0.406. The van der Waals surface area contributed by atoms with Crippen LogP contribution in [0.25, 0.3) is 0 Å². The molecule has 3 fully saturated rings. The van der Waals surface area contributed by atoms with Crippen molar-refractivity contribution in [1.29, 1.82) is 0 Å². The van der Waals surface area contributed by atoms with Gasteiger partial charge in [-0.05, 0) is 66.1 Å². The fourth-order valence-electron chi connectivity index (χ4n) is 6.90. The van der Waals surface area contributed by atoms with Gasteiger partial charge in [0.05, 0.1) is 22.5 Å². The van der Waals surface area contributed by atoms with Gasteiger partial charge in [0.1, 0.15) is 5.82 Å². The fourth-order valence-corrected chi connectivity index (χ4v) is 9.92. The van der Waals surface area contributed by atoms with E-state index in [1.165, 1.54) is 40.5 Å². The summed E-state index contributed by atoms with van der Waals surface area (Å²) in [5, 5.41) is 1.66. The number of carbonyl (C=O) groups excluding carboxylic acids is 2. The first-order valence-corrected chi connectivity index (χ1v) is 13.3. The van der Waals surface area contributed by atoms with E-state index < -0.39 is 5.82 Å². The maximum atomic E-state index is 13.6. The Kier molecular flexibility index (Phi) is 4.48. The zero-order chi connectivity index (χ0) is 23.3. The summed E-state index contributed by atoms with van der Waals surface area (Å²) in [5.41, 5.74) is 1.51. The number of H-pyrrole nitrogens is 1. The summed E-state index contributed by atoms with van der Waals surface area (Å²) in [7, 11) is 0. The van der Waals surface area contributed by atoms with Gasteiger partial charge in [-0.3, -0.25) is 19.3 Å². The second-order valence-corrected chi connectivity index (χ2v) is 12.1. The number of aromatic nitrogens is 1. The topological polar surface area (TPSA) is 70.2 Å². The number of rotatable bonds is 2. The van der Waals surface area contributed by atoms with Crippen molar-refractivity contribution in [3.05, 3.63) is 79.5 Å². The Morgan fingerprint density at radius 3 is 2.32 bits per heavy atom. The van der Waals surface area contributed by atoms with Crippen molar-refractivity contribution in [1.82, 2.24) is 4.98 Å². The highest BCUT2D eigenvalue weighted by molar-refractivity contribution is 8.00. The van der Waals surface area contributed by atoms with Crippen LogP contribution in [0.4, 0.5) is 10.1 Å². The van der Waals surface area contributed by atoms with Crippen molar-refractivity contribution in [2.24, 2.45) is 29.6 Å². The predicted molar refractivity (Wildman–Crippen MR) is 129 cm³/mol. The zero-order valence-corrected chi connectivity index (χ0v) is 20.0. The number of imide groups is 1. The predicted octanol–water partition coefficient (Wildman–Crippen LogP) is 4.91. The normalized spacial score (nSPS) is 33.2. The average molecular weight is 513 g/mol. The lowest BCUT2D eigenvalue weighted by molar-refractivity contribution is -0.123. The summed E-state index contributed by atoms with van der Waals surface area (Å²) in [6.45, 7) is 0. The van der Waals surface area contributed by atoms with E-state index in [9.17, 15) is 18.8 Å². The van der Waals surface area contributed by atoms with E-state index in [0.29, 0.717) is 10.7 Å². The summed E-state index contributed by atoms with van der Waals surface area (Å²) in [6, 6.07) is 13.3. The number of halogens is 2. The second-order valence-electron chi connectivity index (χ2n) is 9.50. The molecule has 2 aliphatic heterocycles. The minimum absolute atomic E-state index is 0.0267. The average Bonchev–Trinajstić information content (AvgIpc) is 3.54. The van der Waals surface area contributed by atoms with Gasteiger partial charge in [0.15, 0.2) is 0 Å². The third-order valence-electron chi connectivity index (χ3n) is 8.04. The molecule has 172 valence electrons. The number of thioether (sulfide) groups is 1. The molecule has 0 spiro atoms. The monoisotopic (exact) mass is 512 g/mol. The van der Waals surface area contributed by atoms with Gasteiger partial charge in [-0.15, -0.1) is 11.8 Å². The van der Waals surface area contributed by atoms with Gasteiger partial charge in [-0.1, -0.05) is 35.1 Å². The number of aromatic amines is 1. The van der Waals surface area contributed by atoms with Crippen LogP contribution in [0.2, 0.25) is 5.02 Å². The van der Waals surface area contributed by atoms with Gasteiger partial charge in [-0.25, -0.2) is 4.39 Å². The number of amides is 2. The quantitative estimate of drug-likeness (QED) is 0.495. The molecule has 3 heterocycles. The zero-order valence-electron chi connectivity index (χ0n) is 17.6. The molecular formula is C25H18ClFN2O3S2. The summed E-state index contributed by atoms with van der Waals surface area (Å²) in [6.07, 6.45) is 0.829. The minimum Gasteiger partial charge on any atom is -0.307 e. The van der Waals surface area contributed by atoms with E-state index in [-0.39, 0.29) is 57.4 Å². The highest BCUT2D eigenvalue weighted by Crippen LogP contribution is 2.68. The molecule has 1 aromatic heterocycles. The molecule has 7 rings (SSSR count). The number of nitrogens with one attached hydrogen (secondary N) is 1. The van der Waals surface area contributed by atoms with Crippen molar-refractivity contribution in [3.8, 4) is 0 Å². The molecule has 1 saturated heterocycles. The van der Waals surface area contributed by atoms with Gasteiger partial charge in [-0.2, -0.15) is 0 Å². The molecule has 1 N–H and O–H groups in total. The SMILES string of the molecule is O=C1[C@@H]2[C@H]3C[C@@H]([C@H]4Sc5[nH]c(=O)sc5[C@@H](c5ccc(Cl)cc5)[C@@H]34)[C@H]2C(=O)N1c1ccc(F)cc1. The number of hydrogen-bond donors (Lipinski definition) is 1. The van der Waals surface area contributed by atoms with Gasteiger partial charge in [0.2, 0.25) is 11.8 Å². The molecule has 0 unspecified atom stereocenters. The van der Waals surface area contributed by atoms with Crippen molar-refractivity contribution in [2.45, 2.75) is 22.6 Å². The first-order chi connectivity index (χ1) is 16.4. The number of carbonyl (C=O) groups is 2. The molecule has 9 heteroatoms. The first kappa shape index (κ1) is 20.9. The van der Waals surface area contributed by atoms with E-state index in [0.717, 1.165) is 21.9 Å². The molecule has 0 radical (unpaired) electrons. The van der Waals surface area contributed by atoms with Crippen LogP contribution in [0.15, 0.2) is 58.4 Å². The maximum absolute atomic E-state index is 13.6. The second kappa shape index (κ2) is 7.29. The third-order valence-corrected chi connectivity index (χ3v) is 10.9. The van der Waals surface area contributed by atoms with Crippen LogP contribution in [0.5, 0.6) is 0 Å². The molecule has 34 heavy (non-hydrogen) atoms. The Morgan fingerprint density at radius 2 is 1.62 bits per heavy atom. The summed E-state index contributed by atoms with van der Waals surface area (Å²) in [5.74, 6) is -1.30. The third kappa shape index (κ3) is 2.76. The lowest BCUT2D eigenvalue weighted by Gasteiger charge is -2.43. The molecule has 7 atom stereocenters. The summed E-state index contributed by atoms with van der Waals surface area (Å²) < 4.78 is 13.5. The number of thiazole rings is 1. The summed E-state index contributed by atoms with van der Waals surface area (Å²) in [4.78, 5) is 44.6. The van der Waals surface area contributed by atoms with Crippen LogP contribution in [0, 0.1) is 35.4 Å².